The van der Waals surface area contributed by atoms with E-state index in [0.717, 1.165) is 28.3 Å². The molecule has 0 aliphatic heterocycles. The van der Waals surface area contributed by atoms with Crippen LogP contribution in [0.5, 0.6) is 0 Å². The lowest BCUT2D eigenvalue weighted by Gasteiger charge is -2.02. The van der Waals surface area contributed by atoms with Crippen molar-refractivity contribution in [3.63, 3.8) is 0 Å². The average molecular weight is 239 g/mol. The molecule has 3 heterocycles. The first-order valence-corrected chi connectivity index (χ1v) is 5.75. The van der Waals surface area contributed by atoms with Gasteiger partial charge in [-0.2, -0.15) is 5.10 Å². The number of nitrogens with two attached hydrogens (primary N) is 1. The fraction of sp³-hybridized carbons (Fsp3) is 0.154. The first-order chi connectivity index (χ1) is 8.79. The van der Waals surface area contributed by atoms with Crippen molar-refractivity contribution in [1.82, 2.24) is 19.6 Å². The molecule has 0 fully saturated rings. The van der Waals surface area contributed by atoms with Gasteiger partial charge < -0.3 is 5.73 Å². The van der Waals surface area contributed by atoms with Crippen molar-refractivity contribution >= 4 is 5.65 Å². The van der Waals surface area contributed by atoms with Gasteiger partial charge in [0.1, 0.15) is 0 Å². The van der Waals surface area contributed by atoms with Crippen LogP contribution in [0.3, 0.4) is 0 Å². The average Bonchev–Trinajstić information content (AvgIpc) is 2.74. The molecule has 0 aromatic carbocycles. The quantitative estimate of drug-likeness (QED) is 0.736. The molecule has 0 saturated carbocycles. The fourth-order valence-electron chi connectivity index (χ4n) is 1.99. The molecule has 0 bridgehead atoms. The second-order valence-corrected chi connectivity index (χ2v) is 4.08. The van der Waals surface area contributed by atoms with Crippen LogP contribution in [-0.2, 0) is 6.54 Å². The zero-order chi connectivity index (χ0) is 12.5. The van der Waals surface area contributed by atoms with E-state index in [1.165, 1.54) is 0 Å². The monoisotopic (exact) mass is 239 g/mol. The number of fused-ring (bicyclic) bond motifs is 1. The van der Waals surface area contributed by atoms with E-state index < -0.39 is 0 Å². The zero-order valence-corrected chi connectivity index (χ0v) is 10.0. The summed E-state index contributed by atoms with van der Waals surface area (Å²) in [6, 6.07) is 7.76. The van der Waals surface area contributed by atoms with Gasteiger partial charge in [0.15, 0.2) is 5.65 Å². The summed E-state index contributed by atoms with van der Waals surface area (Å²) in [6.07, 6.45) is 3.54. The van der Waals surface area contributed by atoms with E-state index in [4.69, 9.17) is 5.73 Å². The molecule has 0 atom stereocenters. The van der Waals surface area contributed by atoms with Crippen molar-refractivity contribution in [3.8, 4) is 11.3 Å². The van der Waals surface area contributed by atoms with Crippen molar-refractivity contribution in [2.24, 2.45) is 5.73 Å². The maximum Gasteiger partial charge on any atom is 0.154 e. The molecular formula is C13H13N5. The van der Waals surface area contributed by atoms with Crippen LogP contribution in [0, 0.1) is 6.92 Å². The number of nitrogens with zero attached hydrogens (tertiary/aromatic N) is 4. The predicted octanol–water partition coefficient (Wildman–Crippen LogP) is 1.56. The molecule has 0 aliphatic rings. The Balaban J connectivity index is 2.22. The Kier molecular flexibility index (Phi) is 2.53. The van der Waals surface area contributed by atoms with Crippen LogP contribution in [0.15, 0.2) is 36.7 Å². The maximum absolute atomic E-state index is 5.74. The summed E-state index contributed by atoms with van der Waals surface area (Å²) >= 11 is 0. The van der Waals surface area contributed by atoms with E-state index >= 15 is 0 Å². The van der Waals surface area contributed by atoms with Crippen LogP contribution >= 0.6 is 0 Å². The molecule has 18 heavy (non-hydrogen) atoms. The molecule has 0 radical (unpaired) electrons. The van der Waals surface area contributed by atoms with Crippen molar-refractivity contribution in [2.45, 2.75) is 13.5 Å². The SMILES string of the molecule is Cc1nc2ccc(-c3cccnc3)nn2c1CN. The summed E-state index contributed by atoms with van der Waals surface area (Å²) < 4.78 is 1.80. The lowest BCUT2D eigenvalue weighted by molar-refractivity contribution is 0.842. The van der Waals surface area contributed by atoms with Crippen LogP contribution in [-0.4, -0.2) is 19.6 Å². The van der Waals surface area contributed by atoms with Crippen LogP contribution in [0.1, 0.15) is 11.4 Å². The molecule has 90 valence electrons. The number of imidazole rings is 1. The van der Waals surface area contributed by atoms with Gasteiger partial charge in [0, 0.05) is 24.5 Å². The number of pyridine rings is 1. The summed E-state index contributed by atoms with van der Waals surface area (Å²) in [7, 11) is 0. The molecule has 0 saturated heterocycles. The summed E-state index contributed by atoms with van der Waals surface area (Å²) in [4.78, 5) is 8.52. The summed E-state index contributed by atoms with van der Waals surface area (Å²) in [5.41, 5.74) is 10.3. The van der Waals surface area contributed by atoms with Gasteiger partial charge in [-0.25, -0.2) is 9.50 Å². The Morgan fingerprint density at radius 3 is 2.89 bits per heavy atom. The van der Waals surface area contributed by atoms with Gasteiger partial charge in [-0.3, -0.25) is 4.98 Å². The first-order valence-electron chi connectivity index (χ1n) is 5.75. The number of aromatic nitrogens is 4. The Morgan fingerprint density at radius 1 is 1.28 bits per heavy atom. The van der Waals surface area contributed by atoms with Crippen molar-refractivity contribution < 1.29 is 0 Å². The highest BCUT2D eigenvalue weighted by molar-refractivity contribution is 5.59. The fourth-order valence-corrected chi connectivity index (χ4v) is 1.99. The number of hydrogen-bond donors (Lipinski definition) is 1. The van der Waals surface area contributed by atoms with E-state index in [2.05, 4.69) is 15.1 Å². The minimum Gasteiger partial charge on any atom is -0.325 e. The number of rotatable bonds is 2. The summed E-state index contributed by atoms with van der Waals surface area (Å²) in [6.45, 7) is 2.37. The minimum absolute atomic E-state index is 0.427. The second kappa shape index (κ2) is 4.19. The standard InChI is InChI=1S/C13H13N5/c1-9-12(7-14)18-13(16-9)5-4-11(17-18)10-3-2-6-15-8-10/h2-6,8H,7,14H2,1H3. The summed E-state index contributed by atoms with van der Waals surface area (Å²) in [5.74, 6) is 0. The Morgan fingerprint density at radius 2 is 2.17 bits per heavy atom. The third-order valence-electron chi connectivity index (χ3n) is 2.92. The molecule has 3 aromatic rings. The lowest BCUT2D eigenvalue weighted by Crippen LogP contribution is -2.05. The highest BCUT2D eigenvalue weighted by Crippen LogP contribution is 2.17. The maximum atomic E-state index is 5.74. The van der Waals surface area contributed by atoms with Crippen LogP contribution < -0.4 is 5.73 Å². The van der Waals surface area contributed by atoms with Gasteiger partial charge in [-0.15, -0.1) is 0 Å². The predicted molar refractivity (Wildman–Crippen MR) is 68.8 cm³/mol. The largest absolute Gasteiger partial charge is 0.325 e. The van der Waals surface area contributed by atoms with Gasteiger partial charge in [0.25, 0.3) is 0 Å². The van der Waals surface area contributed by atoms with Crippen molar-refractivity contribution in [1.29, 1.82) is 0 Å². The van der Waals surface area contributed by atoms with E-state index in [1.54, 1.807) is 16.9 Å². The Hall–Kier alpha value is -2.27. The van der Waals surface area contributed by atoms with Gasteiger partial charge in [-0.05, 0) is 31.2 Å². The highest BCUT2D eigenvalue weighted by atomic mass is 15.3. The molecule has 0 spiro atoms. The topological polar surface area (TPSA) is 69.1 Å². The third kappa shape index (κ3) is 1.65. The number of hydrogen-bond acceptors (Lipinski definition) is 4. The highest BCUT2D eigenvalue weighted by Gasteiger charge is 2.09. The van der Waals surface area contributed by atoms with Crippen LogP contribution in [0.2, 0.25) is 0 Å². The van der Waals surface area contributed by atoms with E-state index in [9.17, 15) is 0 Å². The van der Waals surface area contributed by atoms with Gasteiger partial charge >= 0.3 is 0 Å². The zero-order valence-electron chi connectivity index (χ0n) is 10.0. The lowest BCUT2D eigenvalue weighted by atomic mass is 10.2. The second-order valence-electron chi connectivity index (χ2n) is 4.08. The first kappa shape index (κ1) is 10.9. The molecule has 5 heteroatoms. The minimum atomic E-state index is 0.427. The molecular weight excluding hydrogens is 226 g/mol. The third-order valence-corrected chi connectivity index (χ3v) is 2.92. The van der Waals surface area contributed by atoms with Crippen LogP contribution in [0.25, 0.3) is 16.9 Å². The molecule has 0 amide bonds. The number of aryl methyl sites for hydroxylation is 1. The van der Waals surface area contributed by atoms with Gasteiger partial charge in [-0.1, -0.05) is 0 Å². The molecule has 0 aliphatic carbocycles. The van der Waals surface area contributed by atoms with Gasteiger partial charge in [0.05, 0.1) is 17.1 Å². The smallest absolute Gasteiger partial charge is 0.154 e. The van der Waals surface area contributed by atoms with E-state index in [0.29, 0.717) is 6.54 Å². The normalized spacial score (nSPS) is 11.0. The molecule has 3 aromatic heterocycles. The van der Waals surface area contributed by atoms with Crippen molar-refractivity contribution in [2.75, 3.05) is 0 Å². The summed E-state index contributed by atoms with van der Waals surface area (Å²) in [5, 5.41) is 4.57. The Labute approximate surface area is 104 Å². The molecule has 3 rings (SSSR count). The van der Waals surface area contributed by atoms with E-state index in [1.807, 2.05) is 31.2 Å². The van der Waals surface area contributed by atoms with Crippen molar-refractivity contribution in [3.05, 3.63) is 48.0 Å². The molecule has 2 N–H and O–H groups in total. The molecule has 0 unspecified atom stereocenters. The Bertz CT molecular complexity index is 687. The van der Waals surface area contributed by atoms with E-state index in [-0.39, 0.29) is 0 Å². The molecule has 5 nitrogen and oxygen atoms in total. The van der Waals surface area contributed by atoms with Crippen LogP contribution in [0.4, 0.5) is 0 Å². The van der Waals surface area contributed by atoms with Gasteiger partial charge in [0.2, 0.25) is 0 Å².